The number of nitrogens with one attached hydrogen (secondary N) is 1. The molecule has 0 spiro atoms. The number of nitro groups is 1. The van der Waals surface area contributed by atoms with Gasteiger partial charge >= 0.3 is 5.97 Å². The van der Waals surface area contributed by atoms with Crippen molar-refractivity contribution < 1.29 is 19.2 Å². The van der Waals surface area contributed by atoms with E-state index < -0.39 is 22.9 Å². The van der Waals surface area contributed by atoms with Gasteiger partial charge in [0.05, 0.1) is 10.5 Å². The third-order valence-corrected chi connectivity index (χ3v) is 3.87. The number of thioether (sulfide) groups is 1. The smallest absolute Gasteiger partial charge is 0.341 e. The van der Waals surface area contributed by atoms with Crippen molar-refractivity contribution in [2.75, 3.05) is 11.6 Å². The number of ether oxygens (including phenoxy) is 1. The summed E-state index contributed by atoms with van der Waals surface area (Å²) in [6, 6.07) is 8.65. The Balaban J connectivity index is 2.04. The number of pyridine rings is 1. The molecule has 2 rings (SSSR count). The second-order valence-corrected chi connectivity index (χ2v) is 5.70. The molecule has 0 bridgehead atoms. The molecule has 0 aliphatic heterocycles. The number of aromatic nitrogens is 1. The largest absolute Gasteiger partial charge is 0.449 e. The Labute approximate surface area is 147 Å². The van der Waals surface area contributed by atoms with Gasteiger partial charge in [-0.15, -0.1) is 11.8 Å². The van der Waals surface area contributed by atoms with Crippen LogP contribution in [-0.4, -0.2) is 34.1 Å². The van der Waals surface area contributed by atoms with Crippen molar-refractivity contribution in [3.05, 3.63) is 58.3 Å². The Kier molecular flexibility index (Phi) is 6.07. The molecule has 1 atom stereocenters. The summed E-state index contributed by atoms with van der Waals surface area (Å²) in [7, 11) is 0. The number of non-ortho nitro benzene ring substituents is 1. The molecule has 1 aromatic carbocycles. The van der Waals surface area contributed by atoms with Crippen LogP contribution in [0.2, 0.25) is 0 Å². The number of anilines is 1. The number of benzene rings is 1. The number of rotatable bonds is 6. The van der Waals surface area contributed by atoms with Gasteiger partial charge in [-0.3, -0.25) is 14.9 Å². The molecule has 1 N–H and O–H groups in total. The molecule has 0 saturated carbocycles. The molecule has 1 amide bonds. The van der Waals surface area contributed by atoms with Crippen LogP contribution in [0.1, 0.15) is 17.3 Å². The van der Waals surface area contributed by atoms with Gasteiger partial charge in [0.25, 0.3) is 11.6 Å². The minimum atomic E-state index is -1.08. The predicted octanol–water partition coefficient (Wildman–Crippen LogP) is 2.90. The van der Waals surface area contributed by atoms with Crippen molar-refractivity contribution >= 4 is 35.0 Å². The van der Waals surface area contributed by atoms with Gasteiger partial charge in [0.1, 0.15) is 5.03 Å². The molecule has 0 saturated heterocycles. The Morgan fingerprint density at radius 1 is 1.32 bits per heavy atom. The number of amides is 1. The fraction of sp³-hybridized carbons (Fsp3) is 0.188. The fourth-order valence-corrected chi connectivity index (χ4v) is 2.47. The lowest BCUT2D eigenvalue weighted by molar-refractivity contribution is -0.384. The maximum absolute atomic E-state index is 12.2. The van der Waals surface area contributed by atoms with E-state index in [1.54, 1.807) is 24.6 Å². The average Bonchev–Trinajstić information content (AvgIpc) is 2.61. The first-order valence-electron chi connectivity index (χ1n) is 7.17. The van der Waals surface area contributed by atoms with Crippen molar-refractivity contribution in [3.63, 3.8) is 0 Å². The normalized spacial score (nSPS) is 11.4. The standard InChI is InChI=1S/C16H15N3O5S/c1-10(24-16(21)13-7-4-8-17-15(13)25-2)14(20)18-11-5-3-6-12(9-11)19(22)23/h3-10H,1-2H3,(H,18,20)/t10-/m1/s1. The minimum Gasteiger partial charge on any atom is -0.449 e. The van der Waals surface area contributed by atoms with Crippen LogP contribution in [-0.2, 0) is 9.53 Å². The average molecular weight is 361 g/mol. The van der Waals surface area contributed by atoms with E-state index in [0.29, 0.717) is 5.03 Å². The van der Waals surface area contributed by atoms with E-state index in [9.17, 15) is 19.7 Å². The lowest BCUT2D eigenvalue weighted by atomic mass is 10.2. The second kappa shape index (κ2) is 8.25. The molecule has 0 aliphatic carbocycles. The van der Waals surface area contributed by atoms with E-state index in [1.165, 1.54) is 43.0 Å². The molecule has 25 heavy (non-hydrogen) atoms. The predicted molar refractivity (Wildman–Crippen MR) is 92.6 cm³/mol. The second-order valence-electron chi connectivity index (χ2n) is 4.90. The van der Waals surface area contributed by atoms with Crippen LogP contribution in [0.4, 0.5) is 11.4 Å². The summed E-state index contributed by atoms with van der Waals surface area (Å²) >= 11 is 1.29. The van der Waals surface area contributed by atoms with Crippen molar-refractivity contribution in [1.29, 1.82) is 0 Å². The molecular weight excluding hydrogens is 346 g/mol. The highest BCUT2D eigenvalue weighted by molar-refractivity contribution is 7.98. The number of carbonyl (C=O) groups is 2. The number of carbonyl (C=O) groups excluding carboxylic acids is 2. The number of hydrogen-bond donors (Lipinski definition) is 1. The highest BCUT2D eigenvalue weighted by Crippen LogP contribution is 2.19. The summed E-state index contributed by atoms with van der Waals surface area (Å²) in [4.78, 5) is 38.6. The number of hydrogen-bond acceptors (Lipinski definition) is 7. The van der Waals surface area contributed by atoms with E-state index in [4.69, 9.17) is 4.74 Å². The quantitative estimate of drug-likeness (QED) is 0.364. The maximum Gasteiger partial charge on any atom is 0.341 e. The highest BCUT2D eigenvalue weighted by Gasteiger charge is 2.21. The lowest BCUT2D eigenvalue weighted by Gasteiger charge is -2.14. The third-order valence-electron chi connectivity index (χ3n) is 3.16. The zero-order valence-corrected chi connectivity index (χ0v) is 14.3. The summed E-state index contributed by atoms with van der Waals surface area (Å²) in [5.41, 5.74) is 0.362. The van der Waals surface area contributed by atoms with Crippen LogP contribution in [0, 0.1) is 10.1 Å². The molecule has 0 unspecified atom stereocenters. The molecule has 2 aromatic rings. The highest BCUT2D eigenvalue weighted by atomic mass is 32.2. The van der Waals surface area contributed by atoms with E-state index in [-0.39, 0.29) is 16.9 Å². The van der Waals surface area contributed by atoms with E-state index in [2.05, 4.69) is 10.3 Å². The van der Waals surface area contributed by atoms with Gasteiger partial charge in [-0.2, -0.15) is 0 Å². The summed E-state index contributed by atoms with van der Waals surface area (Å²) < 4.78 is 5.15. The number of nitro benzene ring substituents is 1. The molecule has 8 nitrogen and oxygen atoms in total. The van der Waals surface area contributed by atoms with Gasteiger partial charge in [-0.1, -0.05) is 6.07 Å². The van der Waals surface area contributed by atoms with Crippen LogP contribution >= 0.6 is 11.8 Å². The van der Waals surface area contributed by atoms with Crippen molar-refractivity contribution in [1.82, 2.24) is 4.98 Å². The van der Waals surface area contributed by atoms with Crippen LogP contribution in [0.5, 0.6) is 0 Å². The van der Waals surface area contributed by atoms with Crippen LogP contribution in [0.3, 0.4) is 0 Å². The van der Waals surface area contributed by atoms with Gasteiger partial charge in [-0.05, 0) is 31.4 Å². The maximum atomic E-state index is 12.2. The van der Waals surface area contributed by atoms with Crippen LogP contribution < -0.4 is 5.32 Å². The molecule has 0 aliphatic rings. The van der Waals surface area contributed by atoms with Crippen molar-refractivity contribution in [2.24, 2.45) is 0 Å². The zero-order chi connectivity index (χ0) is 18.4. The Bertz CT molecular complexity index is 812. The summed E-state index contributed by atoms with van der Waals surface area (Å²) in [5, 5.41) is 13.7. The molecule has 130 valence electrons. The topological polar surface area (TPSA) is 111 Å². The molecule has 1 aromatic heterocycles. The van der Waals surface area contributed by atoms with Crippen LogP contribution in [0.25, 0.3) is 0 Å². The van der Waals surface area contributed by atoms with E-state index in [0.717, 1.165) is 0 Å². The van der Waals surface area contributed by atoms with Gasteiger partial charge in [0.2, 0.25) is 0 Å². The summed E-state index contributed by atoms with van der Waals surface area (Å²) in [6.07, 6.45) is 2.25. The Morgan fingerprint density at radius 3 is 2.76 bits per heavy atom. The Hall–Kier alpha value is -2.94. The van der Waals surface area contributed by atoms with Crippen molar-refractivity contribution in [3.8, 4) is 0 Å². The van der Waals surface area contributed by atoms with E-state index >= 15 is 0 Å². The number of nitrogens with zero attached hydrogens (tertiary/aromatic N) is 2. The third kappa shape index (κ3) is 4.77. The number of esters is 1. The zero-order valence-electron chi connectivity index (χ0n) is 13.5. The van der Waals surface area contributed by atoms with Gasteiger partial charge < -0.3 is 10.1 Å². The minimum absolute atomic E-state index is 0.151. The van der Waals surface area contributed by atoms with E-state index in [1.807, 2.05) is 0 Å². The first kappa shape index (κ1) is 18.4. The first-order valence-corrected chi connectivity index (χ1v) is 8.40. The SMILES string of the molecule is CSc1ncccc1C(=O)O[C@H](C)C(=O)Nc1cccc([N+](=O)[O-])c1. The van der Waals surface area contributed by atoms with Gasteiger partial charge in [0.15, 0.2) is 6.10 Å². The van der Waals surface area contributed by atoms with Crippen molar-refractivity contribution in [2.45, 2.75) is 18.1 Å². The molecule has 0 radical (unpaired) electrons. The summed E-state index contributed by atoms with van der Waals surface area (Å²) in [6.45, 7) is 1.42. The van der Waals surface area contributed by atoms with Gasteiger partial charge in [0, 0.05) is 24.0 Å². The summed E-state index contributed by atoms with van der Waals surface area (Å²) in [5.74, 6) is -1.26. The lowest BCUT2D eigenvalue weighted by Crippen LogP contribution is -2.30. The molecule has 0 fully saturated rings. The first-order chi connectivity index (χ1) is 11.9. The van der Waals surface area contributed by atoms with Crippen LogP contribution in [0.15, 0.2) is 47.6 Å². The molecule has 1 heterocycles. The fourth-order valence-electron chi connectivity index (χ4n) is 1.93. The Morgan fingerprint density at radius 2 is 2.08 bits per heavy atom. The monoisotopic (exact) mass is 361 g/mol. The molecule has 9 heteroatoms. The molecular formula is C16H15N3O5S. The van der Waals surface area contributed by atoms with Gasteiger partial charge in [-0.25, -0.2) is 9.78 Å².